The smallest absolute Gasteiger partial charge is 0.163 e. The van der Waals surface area contributed by atoms with Crippen LogP contribution in [0.4, 0.5) is 5.82 Å². The van der Waals surface area contributed by atoms with Crippen LogP contribution in [-0.4, -0.2) is 39.4 Å². The van der Waals surface area contributed by atoms with Gasteiger partial charge in [0.25, 0.3) is 0 Å². The molecule has 2 aromatic rings. The number of rotatable bonds is 5. The van der Waals surface area contributed by atoms with E-state index in [2.05, 4.69) is 21.9 Å². The second-order valence-electron chi connectivity index (χ2n) is 6.25. The first kappa shape index (κ1) is 15.2. The van der Waals surface area contributed by atoms with E-state index in [9.17, 15) is 0 Å². The first-order valence-corrected chi connectivity index (χ1v) is 8.36. The molecule has 0 aliphatic carbocycles. The van der Waals surface area contributed by atoms with Crippen LogP contribution in [0.25, 0.3) is 11.0 Å². The lowest BCUT2D eigenvalue weighted by atomic mass is 9.95. The third kappa shape index (κ3) is 2.92. The van der Waals surface area contributed by atoms with Gasteiger partial charge >= 0.3 is 0 Å². The molecule has 1 saturated heterocycles. The van der Waals surface area contributed by atoms with E-state index < -0.39 is 0 Å². The Morgan fingerprint density at radius 1 is 1.36 bits per heavy atom. The minimum absolute atomic E-state index is 0.676. The van der Waals surface area contributed by atoms with Crippen LogP contribution in [0.15, 0.2) is 6.20 Å². The molecule has 0 aromatic carbocycles. The van der Waals surface area contributed by atoms with Crippen LogP contribution >= 0.6 is 0 Å². The van der Waals surface area contributed by atoms with E-state index in [0.29, 0.717) is 5.92 Å². The molecule has 0 amide bonds. The summed E-state index contributed by atoms with van der Waals surface area (Å²) in [5.74, 6) is 2.66. The van der Waals surface area contributed by atoms with Crippen LogP contribution in [-0.2, 0) is 13.5 Å². The topological polar surface area (TPSA) is 72.9 Å². The van der Waals surface area contributed by atoms with Gasteiger partial charge in [-0.1, -0.05) is 6.92 Å². The van der Waals surface area contributed by atoms with Gasteiger partial charge in [-0.2, -0.15) is 5.10 Å². The van der Waals surface area contributed by atoms with Crippen molar-refractivity contribution in [2.75, 3.05) is 24.5 Å². The Kier molecular flexibility index (Phi) is 4.57. The summed E-state index contributed by atoms with van der Waals surface area (Å²) < 4.78 is 1.85. The predicted octanol–water partition coefficient (Wildman–Crippen LogP) is 1.88. The van der Waals surface area contributed by atoms with Crippen molar-refractivity contribution in [3.8, 4) is 0 Å². The molecule has 1 aliphatic heterocycles. The van der Waals surface area contributed by atoms with Crippen molar-refractivity contribution in [1.82, 2.24) is 19.7 Å². The van der Waals surface area contributed by atoms with Crippen molar-refractivity contribution >= 4 is 16.9 Å². The highest BCUT2D eigenvalue weighted by molar-refractivity contribution is 5.87. The summed E-state index contributed by atoms with van der Waals surface area (Å²) in [6.45, 7) is 5.04. The van der Waals surface area contributed by atoms with Gasteiger partial charge in [0.1, 0.15) is 11.6 Å². The summed E-state index contributed by atoms with van der Waals surface area (Å²) in [6, 6.07) is 0. The molecule has 1 fully saturated rings. The van der Waals surface area contributed by atoms with Crippen molar-refractivity contribution in [3.63, 3.8) is 0 Å². The van der Waals surface area contributed by atoms with Crippen LogP contribution in [0.5, 0.6) is 0 Å². The number of hydrogen-bond donors (Lipinski definition) is 1. The summed E-state index contributed by atoms with van der Waals surface area (Å²) in [5, 5.41) is 5.44. The van der Waals surface area contributed by atoms with Gasteiger partial charge in [-0.15, -0.1) is 0 Å². The number of nitrogens with two attached hydrogens (primary N) is 1. The number of aryl methyl sites for hydroxylation is 2. The zero-order chi connectivity index (χ0) is 15.5. The van der Waals surface area contributed by atoms with Crippen molar-refractivity contribution in [1.29, 1.82) is 0 Å². The molecule has 0 spiro atoms. The highest BCUT2D eigenvalue weighted by Crippen LogP contribution is 2.29. The summed E-state index contributed by atoms with van der Waals surface area (Å²) >= 11 is 0. The molecule has 6 nitrogen and oxygen atoms in total. The summed E-state index contributed by atoms with van der Waals surface area (Å²) in [6.07, 6.45) is 7.44. The molecule has 6 heteroatoms. The second-order valence-corrected chi connectivity index (χ2v) is 6.25. The van der Waals surface area contributed by atoms with Crippen LogP contribution in [0.3, 0.4) is 0 Å². The van der Waals surface area contributed by atoms with E-state index in [-0.39, 0.29) is 0 Å². The lowest BCUT2D eigenvalue weighted by molar-refractivity contribution is 0.395. The quantitative estimate of drug-likeness (QED) is 0.913. The van der Waals surface area contributed by atoms with Gasteiger partial charge in [0.05, 0.1) is 11.6 Å². The average molecular weight is 302 g/mol. The molecular formula is C16H26N6. The van der Waals surface area contributed by atoms with Crippen LogP contribution in [0, 0.1) is 5.92 Å². The van der Waals surface area contributed by atoms with Gasteiger partial charge in [0.2, 0.25) is 0 Å². The van der Waals surface area contributed by atoms with Crippen molar-refractivity contribution in [2.45, 2.75) is 39.0 Å². The summed E-state index contributed by atoms with van der Waals surface area (Å²) in [4.78, 5) is 11.9. The van der Waals surface area contributed by atoms with Gasteiger partial charge in [0, 0.05) is 26.6 Å². The molecule has 2 N–H and O–H groups in total. The van der Waals surface area contributed by atoms with Crippen molar-refractivity contribution in [3.05, 3.63) is 12.0 Å². The Morgan fingerprint density at radius 3 is 3.00 bits per heavy atom. The van der Waals surface area contributed by atoms with Gasteiger partial charge < -0.3 is 10.6 Å². The zero-order valence-electron chi connectivity index (χ0n) is 13.6. The largest absolute Gasteiger partial charge is 0.356 e. The summed E-state index contributed by atoms with van der Waals surface area (Å²) in [5.41, 5.74) is 6.68. The van der Waals surface area contributed by atoms with Crippen LogP contribution in [0.2, 0.25) is 0 Å². The van der Waals surface area contributed by atoms with Gasteiger partial charge in [-0.3, -0.25) is 4.68 Å². The van der Waals surface area contributed by atoms with E-state index >= 15 is 0 Å². The fraction of sp³-hybridized carbons (Fsp3) is 0.688. The first-order chi connectivity index (χ1) is 10.7. The molecule has 1 aliphatic rings. The molecule has 120 valence electrons. The number of aromatic nitrogens is 4. The molecule has 3 rings (SSSR count). The average Bonchev–Trinajstić information content (AvgIpc) is 2.89. The SMILES string of the molecule is CCCc1nc(N2CCC[C@H](CCN)C2)c2cnn(C)c2n1. The minimum atomic E-state index is 0.676. The lowest BCUT2D eigenvalue weighted by Crippen LogP contribution is -2.37. The highest BCUT2D eigenvalue weighted by atomic mass is 15.3. The monoisotopic (exact) mass is 302 g/mol. The Morgan fingerprint density at radius 2 is 2.23 bits per heavy atom. The van der Waals surface area contributed by atoms with E-state index in [0.717, 1.165) is 61.6 Å². The lowest BCUT2D eigenvalue weighted by Gasteiger charge is -2.33. The molecule has 2 aromatic heterocycles. The van der Waals surface area contributed by atoms with Gasteiger partial charge in [-0.25, -0.2) is 9.97 Å². The summed E-state index contributed by atoms with van der Waals surface area (Å²) in [7, 11) is 1.95. The van der Waals surface area contributed by atoms with E-state index in [1.54, 1.807) is 0 Å². The Balaban J connectivity index is 1.97. The maximum absolute atomic E-state index is 5.74. The number of hydrogen-bond acceptors (Lipinski definition) is 5. The number of fused-ring (bicyclic) bond motifs is 1. The third-order valence-electron chi connectivity index (χ3n) is 4.49. The van der Waals surface area contributed by atoms with Gasteiger partial charge in [-0.05, 0) is 38.1 Å². The Bertz CT molecular complexity index is 633. The molecule has 0 bridgehead atoms. The van der Waals surface area contributed by atoms with Crippen LogP contribution < -0.4 is 10.6 Å². The van der Waals surface area contributed by atoms with Crippen molar-refractivity contribution < 1.29 is 0 Å². The molecular weight excluding hydrogens is 276 g/mol. The fourth-order valence-electron chi connectivity index (χ4n) is 3.36. The van der Waals surface area contributed by atoms with Crippen LogP contribution in [0.1, 0.15) is 38.4 Å². The number of anilines is 1. The normalized spacial score (nSPS) is 19.0. The van der Waals surface area contributed by atoms with E-state index in [1.807, 2.05) is 17.9 Å². The second kappa shape index (κ2) is 6.60. The zero-order valence-corrected chi connectivity index (χ0v) is 13.6. The molecule has 3 heterocycles. The predicted molar refractivity (Wildman–Crippen MR) is 88.9 cm³/mol. The number of nitrogens with zero attached hydrogens (tertiary/aromatic N) is 5. The standard InChI is InChI=1S/C16H26N6/c1-3-5-14-19-15-13(10-18-21(15)2)16(20-14)22-9-4-6-12(11-22)7-8-17/h10,12H,3-9,11,17H2,1-2H3/t12-/m1/s1. The third-order valence-corrected chi connectivity index (χ3v) is 4.49. The molecule has 22 heavy (non-hydrogen) atoms. The van der Waals surface area contributed by atoms with E-state index in [1.165, 1.54) is 12.8 Å². The molecule has 0 radical (unpaired) electrons. The molecule has 1 atom stereocenters. The highest BCUT2D eigenvalue weighted by Gasteiger charge is 2.23. The Labute approximate surface area is 131 Å². The Hall–Kier alpha value is -1.69. The maximum atomic E-state index is 5.74. The number of piperidine rings is 1. The van der Waals surface area contributed by atoms with Crippen molar-refractivity contribution in [2.24, 2.45) is 18.7 Å². The molecule has 0 saturated carbocycles. The molecule has 0 unspecified atom stereocenters. The first-order valence-electron chi connectivity index (χ1n) is 8.36. The minimum Gasteiger partial charge on any atom is -0.356 e. The van der Waals surface area contributed by atoms with Gasteiger partial charge in [0.15, 0.2) is 5.65 Å². The fourth-order valence-corrected chi connectivity index (χ4v) is 3.36. The maximum Gasteiger partial charge on any atom is 0.163 e. The van der Waals surface area contributed by atoms with E-state index in [4.69, 9.17) is 10.7 Å².